The third-order valence-electron chi connectivity index (χ3n) is 2.75. The molecule has 2 rings (SSSR count). The quantitative estimate of drug-likeness (QED) is 0.482. The molecule has 0 aliphatic carbocycles. The summed E-state index contributed by atoms with van der Waals surface area (Å²) in [4.78, 5) is 4.10. The number of phenols is 1. The standard InChI is InChI=1S/C16H15N3O3S.O.V/c1-23-16(17-9-11-4-2-3-5-14(11)21)19-18-10-12-6-7-13(20)8-15(12)22;;/h2-10,20-22H,1H3;;/q;;+2/p-2/b17-9+,18-10+,19-16+;;. The van der Waals surface area contributed by atoms with Crippen LogP contribution < -0.4 is 10.2 Å². The fourth-order valence-electron chi connectivity index (χ4n) is 1.60. The first-order valence-electron chi connectivity index (χ1n) is 6.73. The van der Waals surface area contributed by atoms with Crippen molar-refractivity contribution in [2.45, 2.75) is 0 Å². The number of phenolic OH excluding ortho intramolecular Hbond substituents is 1. The molecule has 0 saturated heterocycles. The molecule has 0 heterocycles. The predicted octanol–water partition coefficient (Wildman–Crippen LogP) is 1.59. The molecule has 2 aromatic rings. The van der Waals surface area contributed by atoms with Gasteiger partial charge in [-0.15, -0.1) is 10.9 Å². The summed E-state index contributed by atoms with van der Waals surface area (Å²) in [6.07, 6.45) is 4.48. The fraction of sp³-hybridized carbons (Fsp3) is 0.0625. The van der Waals surface area contributed by atoms with Crippen LogP contribution >= 0.6 is 11.8 Å². The number of para-hydroxylation sites is 1. The molecular formula is C16H13N3O4SV. The Labute approximate surface area is 158 Å². The molecule has 0 spiro atoms. The Kier molecular flexibility index (Phi) is 9.24. The molecule has 0 fully saturated rings. The van der Waals surface area contributed by atoms with Gasteiger partial charge < -0.3 is 15.3 Å². The van der Waals surface area contributed by atoms with Crippen LogP contribution in [0.4, 0.5) is 0 Å². The third kappa shape index (κ3) is 6.92. The summed E-state index contributed by atoms with van der Waals surface area (Å²) in [5.41, 5.74) is 0.763. The molecule has 9 heteroatoms. The van der Waals surface area contributed by atoms with Gasteiger partial charge >= 0.3 is 21.0 Å². The van der Waals surface area contributed by atoms with E-state index < -0.39 is 0 Å². The van der Waals surface area contributed by atoms with E-state index in [9.17, 15) is 10.2 Å². The summed E-state index contributed by atoms with van der Waals surface area (Å²) < 4.78 is 8.19. The first kappa shape index (κ1) is 20.6. The Morgan fingerprint density at radius 2 is 1.76 bits per heavy atom. The number of aliphatic imine (C=N–C) groups is 1. The molecule has 0 unspecified atom stereocenters. The average molecular weight is 394 g/mol. The molecule has 0 aromatic heterocycles. The second kappa shape index (κ2) is 11.2. The molecule has 0 aliphatic rings. The van der Waals surface area contributed by atoms with Crippen LogP contribution in [0.1, 0.15) is 11.1 Å². The Bertz CT molecular complexity index is 797. The topological polar surface area (TPSA) is 120 Å². The molecule has 0 aliphatic heterocycles. The number of nitrogens with zero attached hydrogens (tertiary/aromatic N) is 3. The SMILES string of the molecule is CSC(/N=C/c1ccccc1[O-])=N/N=C/c1ccc(O)cc1[O-].[O]=[V+2]. The first-order chi connectivity index (χ1) is 12.1. The van der Waals surface area contributed by atoms with Gasteiger partial charge in [-0.2, -0.15) is 5.10 Å². The zero-order valence-corrected chi connectivity index (χ0v) is 15.3. The van der Waals surface area contributed by atoms with Crippen molar-refractivity contribution >= 4 is 29.4 Å². The molecule has 0 atom stereocenters. The van der Waals surface area contributed by atoms with E-state index in [1.54, 1.807) is 24.5 Å². The zero-order chi connectivity index (χ0) is 18.7. The van der Waals surface area contributed by atoms with Gasteiger partial charge in [0.1, 0.15) is 5.75 Å². The molecule has 7 nitrogen and oxygen atoms in total. The van der Waals surface area contributed by atoms with E-state index in [2.05, 4.69) is 15.2 Å². The molecule has 0 saturated carbocycles. The van der Waals surface area contributed by atoms with Crippen molar-refractivity contribution in [3.05, 3.63) is 53.6 Å². The summed E-state index contributed by atoms with van der Waals surface area (Å²) in [5.74, 6) is -0.569. The summed E-state index contributed by atoms with van der Waals surface area (Å²) in [6, 6.07) is 10.5. The van der Waals surface area contributed by atoms with E-state index in [1.807, 2.05) is 0 Å². The van der Waals surface area contributed by atoms with E-state index in [0.29, 0.717) is 16.3 Å². The summed E-state index contributed by atoms with van der Waals surface area (Å²) in [5, 5.41) is 40.3. The van der Waals surface area contributed by atoms with E-state index in [4.69, 9.17) is 8.78 Å². The maximum atomic E-state index is 11.6. The van der Waals surface area contributed by atoms with Gasteiger partial charge in [0, 0.05) is 6.21 Å². The van der Waals surface area contributed by atoms with Crippen molar-refractivity contribution in [2.24, 2.45) is 15.2 Å². The van der Waals surface area contributed by atoms with Gasteiger partial charge in [-0.25, -0.2) is 4.99 Å². The number of thioether (sulfide) groups is 1. The van der Waals surface area contributed by atoms with Gasteiger partial charge in [0.15, 0.2) is 0 Å². The Hall–Kier alpha value is -2.42. The van der Waals surface area contributed by atoms with Crippen molar-refractivity contribution in [1.29, 1.82) is 0 Å². The van der Waals surface area contributed by atoms with Gasteiger partial charge in [-0.3, -0.25) is 0 Å². The molecule has 127 valence electrons. The Morgan fingerprint density at radius 1 is 1.08 bits per heavy atom. The first-order valence-corrected chi connectivity index (χ1v) is 8.53. The van der Waals surface area contributed by atoms with Crippen molar-refractivity contribution < 1.29 is 36.4 Å². The van der Waals surface area contributed by atoms with Crippen LogP contribution in [-0.4, -0.2) is 29.0 Å². The molecular weight excluding hydrogens is 381 g/mol. The number of aromatic hydroxyl groups is 1. The van der Waals surface area contributed by atoms with Crippen LogP contribution in [0, 0.1) is 0 Å². The zero-order valence-electron chi connectivity index (χ0n) is 13.1. The van der Waals surface area contributed by atoms with Gasteiger partial charge in [0.05, 0.1) is 6.21 Å². The summed E-state index contributed by atoms with van der Waals surface area (Å²) in [7, 11) is 0. The monoisotopic (exact) mass is 394 g/mol. The van der Waals surface area contributed by atoms with E-state index in [1.165, 1.54) is 42.4 Å². The van der Waals surface area contributed by atoms with Gasteiger partial charge in [-0.1, -0.05) is 47.8 Å². The number of amidine groups is 1. The minimum absolute atomic E-state index is 0.0960. The van der Waals surface area contributed by atoms with Crippen molar-refractivity contribution in [3.8, 4) is 17.2 Å². The van der Waals surface area contributed by atoms with Crippen LogP contribution in [0.15, 0.2) is 57.7 Å². The third-order valence-corrected chi connectivity index (χ3v) is 3.31. The fourth-order valence-corrected chi connectivity index (χ4v) is 1.89. The summed E-state index contributed by atoms with van der Waals surface area (Å²) in [6.45, 7) is 0. The number of hydrogen-bond donors (Lipinski definition) is 1. The van der Waals surface area contributed by atoms with Crippen LogP contribution in [-0.2, 0) is 21.0 Å². The van der Waals surface area contributed by atoms with E-state index in [-0.39, 0.29) is 17.2 Å². The van der Waals surface area contributed by atoms with Gasteiger partial charge in [0.2, 0.25) is 5.17 Å². The van der Waals surface area contributed by atoms with Crippen molar-refractivity contribution in [2.75, 3.05) is 6.26 Å². The molecule has 2 aromatic carbocycles. The van der Waals surface area contributed by atoms with Gasteiger partial charge in [-0.05, 0) is 29.5 Å². The Morgan fingerprint density at radius 3 is 2.40 bits per heavy atom. The molecule has 1 N–H and O–H groups in total. The number of benzene rings is 2. The molecule has 25 heavy (non-hydrogen) atoms. The number of hydrogen-bond acceptors (Lipinski definition) is 7. The molecule has 0 bridgehead atoms. The van der Waals surface area contributed by atoms with Crippen LogP contribution in [0.3, 0.4) is 0 Å². The van der Waals surface area contributed by atoms with E-state index in [0.717, 1.165) is 23.4 Å². The van der Waals surface area contributed by atoms with E-state index >= 15 is 0 Å². The molecule has 0 amide bonds. The van der Waals surface area contributed by atoms with Crippen molar-refractivity contribution in [1.82, 2.24) is 0 Å². The Balaban J connectivity index is 0.00000151. The van der Waals surface area contributed by atoms with Gasteiger partial charge in [0.25, 0.3) is 0 Å². The van der Waals surface area contributed by atoms with Crippen molar-refractivity contribution in [3.63, 3.8) is 0 Å². The normalized spacial score (nSPS) is 11.6. The summed E-state index contributed by atoms with van der Waals surface area (Å²) >= 11 is 2.32. The maximum absolute atomic E-state index is 11.6. The van der Waals surface area contributed by atoms with Crippen LogP contribution in [0.25, 0.3) is 0 Å². The minimum atomic E-state index is -0.349. The second-order valence-electron chi connectivity index (χ2n) is 4.35. The molecule has 0 radical (unpaired) electrons. The predicted molar refractivity (Wildman–Crippen MR) is 90.3 cm³/mol. The van der Waals surface area contributed by atoms with Crippen LogP contribution in [0.5, 0.6) is 17.2 Å². The average Bonchev–Trinajstić information content (AvgIpc) is 2.62. The van der Waals surface area contributed by atoms with Crippen LogP contribution in [0.2, 0.25) is 0 Å². The number of rotatable bonds is 3. The second-order valence-corrected chi connectivity index (χ2v) is 5.12.